The Bertz CT molecular complexity index is 4190. The summed E-state index contributed by atoms with van der Waals surface area (Å²) >= 11 is 0. The second-order valence-electron chi connectivity index (χ2n) is 17.2. The van der Waals surface area contributed by atoms with Crippen LogP contribution < -0.4 is 4.90 Å². The Morgan fingerprint density at radius 3 is 1.68 bits per heavy atom. The van der Waals surface area contributed by atoms with Gasteiger partial charge in [-0.05, 0) is 106 Å². The summed E-state index contributed by atoms with van der Waals surface area (Å²) < 4.78 is 15.8. The monoisotopic (exact) mass is 842 g/mol. The maximum absolute atomic E-state index is 7.01. The minimum Gasteiger partial charge on any atom is -0.456 e. The summed E-state index contributed by atoms with van der Waals surface area (Å²) in [6.45, 7) is 0. The van der Waals surface area contributed by atoms with Gasteiger partial charge in [-0.25, -0.2) is 0 Å². The Morgan fingerprint density at radius 1 is 0.333 bits per heavy atom. The van der Waals surface area contributed by atoms with Gasteiger partial charge in [-0.1, -0.05) is 158 Å². The average molecular weight is 843 g/mol. The predicted octanol–water partition coefficient (Wildman–Crippen LogP) is 17.7. The Balaban J connectivity index is 1.01. The second kappa shape index (κ2) is 14.3. The first-order valence-corrected chi connectivity index (χ1v) is 22.5. The molecule has 0 saturated carbocycles. The van der Waals surface area contributed by atoms with Gasteiger partial charge in [0.25, 0.3) is 0 Å². The maximum atomic E-state index is 7.01. The molecule has 0 atom stereocenters. The molecule has 0 bridgehead atoms. The van der Waals surface area contributed by atoms with Crippen LogP contribution in [0.1, 0.15) is 0 Å². The van der Waals surface area contributed by atoms with E-state index >= 15 is 0 Å². The van der Waals surface area contributed by atoms with E-state index in [0.717, 1.165) is 94.3 Å². The number of rotatable bonds is 6. The molecule has 14 rings (SSSR count). The molecule has 66 heavy (non-hydrogen) atoms. The second-order valence-corrected chi connectivity index (χ2v) is 17.2. The lowest BCUT2D eigenvalue weighted by atomic mass is 9.96. The molecule has 3 aromatic heterocycles. The van der Waals surface area contributed by atoms with Crippen LogP contribution in [0.25, 0.3) is 115 Å². The normalized spacial score (nSPS) is 11.9. The number of aromatic nitrogens is 1. The molecule has 4 heteroatoms. The zero-order valence-electron chi connectivity index (χ0n) is 35.7. The first-order valence-electron chi connectivity index (χ1n) is 22.5. The number of benzene rings is 11. The Hall–Kier alpha value is -8.86. The van der Waals surface area contributed by atoms with E-state index in [4.69, 9.17) is 8.83 Å². The molecule has 11 aromatic carbocycles. The number of fused-ring (bicyclic) bond motifs is 12. The third-order valence-corrected chi connectivity index (χ3v) is 13.6. The molecule has 0 amide bonds. The van der Waals surface area contributed by atoms with E-state index in [0.29, 0.717) is 0 Å². The van der Waals surface area contributed by atoms with Gasteiger partial charge in [0.05, 0.1) is 27.8 Å². The SMILES string of the molecule is c1cc(-c2cccc3oc4ccccc4c23)cc(N(c2cc3ccccc3c3ccccc23)c2ccc(-c3ccc(-n4c5ccccc5c5ccccc54)cc3)c3oc4ccccc4c23)c1. The van der Waals surface area contributed by atoms with Crippen LogP contribution in [0.3, 0.4) is 0 Å². The first kappa shape index (κ1) is 36.6. The van der Waals surface area contributed by atoms with E-state index in [-0.39, 0.29) is 0 Å². The molecule has 0 aliphatic carbocycles. The fraction of sp³-hybridized carbons (Fsp3) is 0. The van der Waals surface area contributed by atoms with Crippen molar-refractivity contribution in [2.45, 2.75) is 0 Å². The Labute approximate surface area is 379 Å². The van der Waals surface area contributed by atoms with Crippen molar-refractivity contribution in [3.8, 4) is 27.9 Å². The van der Waals surface area contributed by atoms with Gasteiger partial charge in [0.1, 0.15) is 22.3 Å². The summed E-state index contributed by atoms with van der Waals surface area (Å²) in [7, 11) is 0. The van der Waals surface area contributed by atoms with Crippen LogP contribution in [-0.2, 0) is 0 Å². The third kappa shape index (κ3) is 5.45. The van der Waals surface area contributed by atoms with Gasteiger partial charge < -0.3 is 18.3 Å². The lowest BCUT2D eigenvalue weighted by Crippen LogP contribution is -2.11. The van der Waals surface area contributed by atoms with E-state index in [9.17, 15) is 0 Å². The lowest BCUT2D eigenvalue weighted by Gasteiger charge is -2.29. The molecule has 0 spiro atoms. The number of hydrogen-bond donors (Lipinski definition) is 0. The van der Waals surface area contributed by atoms with Gasteiger partial charge in [-0.2, -0.15) is 0 Å². The molecule has 0 saturated heterocycles. The van der Waals surface area contributed by atoms with Crippen LogP contribution in [0.2, 0.25) is 0 Å². The molecule has 0 unspecified atom stereocenters. The van der Waals surface area contributed by atoms with Gasteiger partial charge >= 0.3 is 0 Å². The Morgan fingerprint density at radius 2 is 0.924 bits per heavy atom. The van der Waals surface area contributed by atoms with Crippen molar-refractivity contribution in [3.05, 3.63) is 231 Å². The number of furan rings is 2. The molecular weight excluding hydrogens is 805 g/mol. The van der Waals surface area contributed by atoms with Crippen molar-refractivity contribution < 1.29 is 8.83 Å². The quantitative estimate of drug-likeness (QED) is 0.156. The van der Waals surface area contributed by atoms with E-state index in [1.807, 2.05) is 12.1 Å². The highest BCUT2D eigenvalue weighted by molar-refractivity contribution is 6.21. The highest BCUT2D eigenvalue weighted by Gasteiger charge is 2.25. The smallest absolute Gasteiger partial charge is 0.145 e. The van der Waals surface area contributed by atoms with Crippen LogP contribution in [0.15, 0.2) is 239 Å². The summed E-state index contributed by atoms with van der Waals surface area (Å²) in [6.07, 6.45) is 0. The fourth-order valence-electron chi connectivity index (χ4n) is 10.7. The predicted molar refractivity (Wildman–Crippen MR) is 276 cm³/mol. The minimum absolute atomic E-state index is 0.846. The van der Waals surface area contributed by atoms with E-state index in [1.165, 1.54) is 38.0 Å². The first-order chi connectivity index (χ1) is 32.7. The minimum atomic E-state index is 0.846. The van der Waals surface area contributed by atoms with Crippen LogP contribution in [0.4, 0.5) is 17.1 Å². The van der Waals surface area contributed by atoms with Crippen molar-refractivity contribution in [1.82, 2.24) is 4.57 Å². The molecule has 308 valence electrons. The van der Waals surface area contributed by atoms with Crippen molar-refractivity contribution >= 4 is 104 Å². The largest absolute Gasteiger partial charge is 0.456 e. The van der Waals surface area contributed by atoms with Crippen LogP contribution >= 0.6 is 0 Å². The molecule has 0 aliphatic rings. The van der Waals surface area contributed by atoms with Crippen LogP contribution in [-0.4, -0.2) is 4.57 Å². The molecule has 0 N–H and O–H groups in total. The summed E-state index contributed by atoms with van der Waals surface area (Å²) in [6, 6.07) is 82.7. The van der Waals surface area contributed by atoms with Crippen molar-refractivity contribution in [3.63, 3.8) is 0 Å². The fourth-order valence-corrected chi connectivity index (χ4v) is 10.7. The average Bonchev–Trinajstić information content (AvgIpc) is 4.07. The maximum Gasteiger partial charge on any atom is 0.145 e. The van der Waals surface area contributed by atoms with Crippen LogP contribution in [0, 0.1) is 0 Å². The van der Waals surface area contributed by atoms with Crippen molar-refractivity contribution in [1.29, 1.82) is 0 Å². The van der Waals surface area contributed by atoms with Gasteiger partial charge in [-0.15, -0.1) is 0 Å². The van der Waals surface area contributed by atoms with Gasteiger partial charge in [0.15, 0.2) is 0 Å². The van der Waals surface area contributed by atoms with Crippen LogP contribution in [0.5, 0.6) is 0 Å². The molecule has 14 aromatic rings. The molecule has 3 heterocycles. The third-order valence-electron chi connectivity index (χ3n) is 13.6. The number of anilines is 3. The van der Waals surface area contributed by atoms with E-state index < -0.39 is 0 Å². The molecule has 0 radical (unpaired) electrons. The van der Waals surface area contributed by atoms with Gasteiger partial charge in [0.2, 0.25) is 0 Å². The molecule has 0 aliphatic heterocycles. The molecule has 0 fully saturated rings. The number of hydrogen-bond acceptors (Lipinski definition) is 3. The number of para-hydroxylation sites is 4. The van der Waals surface area contributed by atoms with Crippen molar-refractivity contribution in [2.24, 2.45) is 0 Å². The summed E-state index contributed by atoms with van der Waals surface area (Å²) in [5.74, 6) is 0. The summed E-state index contributed by atoms with van der Waals surface area (Å²) in [5.41, 5.74) is 14.5. The molecular formula is C62H38N2O2. The standard InChI is InChI=1S/C62H38N2O2/c1-2-18-44-41(15-1)38-56(48-20-4-3-19-47(44)48)64(43-17-13-16-40(37-43)45-25-14-30-59-60(45)51-23-7-11-28-57(51)65-59)55-36-35-46(62-61(55)52-24-8-12-29-58(52)66-62)39-31-33-42(34-32-39)63-53-26-9-5-21-49(53)50-22-6-10-27-54(50)63/h1-38H. The molecule has 4 nitrogen and oxygen atoms in total. The highest BCUT2D eigenvalue weighted by Crippen LogP contribution is 2.49. The van der Waals surface area contributed by atoms with Gasteiger partial charge in [-0.3, -0.25) is 0 Å². The lowest BCUT2D eigenvalue weighted by molar-refractivity contribution is 0.669. The summed E-state index contributed by atoms with van der Waals surface area (Å²) in [4.78, 5) is 2.45. The highest BCUT2D eigenvalue weighted by atomic mass is 16.3. The van der Waals surface area contributed by atoms with E-state index in [1.54, 1.807) is 0 Å². The topological polar surface area (TPSA) is 34.5 Å². The summed E-state index contributed by atoms with van der Waals surface area (Å²) in [5, 5.41) is 11.6. The zero-order chi connectivity index (χ0) is 43.3. The Kier molecular flexibility index (Phi) is 7.95. The van der Waals surface area contributed by atoms with Crippen molar-refractivity contribution in [2.75, 3.05) is 4.90 Å². The van der Waals surface area contributed by atoms with Gasteiger partial charge in [0, 0.05) is 49.3 Å². The zero-order valence-corrected chi connectivity index (χ0v) is 35.7. The van der Waals surface area contributed by atoms with E-state index in [2.05, 4.69) is 228 Å². The number of nitrogens with zero attached hydrogens (tertiary/aromatic N) is 2.